The van der Waals surface area contributed by atoms with Crippen molar-refractivity contribution in [1.29, 1.82) is 0 Å². The summed E-state index contributed by atoms with van der Waals surface area (Å²) < 4.78 is 10.6. The van der Waals surface area contributed by atoms with E-state index >= 15 is 0 Å². The van der Waals surface area contributed by atoms with Crippen LogP contribution in [-0.2, 0) is 6.42 Å². The van der Waals surface area contributed by atoms with Crippen molar-refractivity contribution in [2.45, 2.75) is 6.42 Å². The van der Waals surface area contributed by atoms with Crippen LogP contribution in [0.5, 0.6) is 5.75 Å². The Morgan fingerprint density at radius 2 is 1.69 bits per heavy atom. The van der Waals surface area contributed by atoms with Crippen molar-refractivity contribution in [1.82, 2.24) is 0 Å². The van der Waals surface area contributed by atoms with Gasteiger partial charge in [0, 0.05) is 22.9 Å². The lowest BCUT2D eigenvalue weighted by Gasteiger charge is -2.06. The third kappa shape index (κ3) is 2.86. The number of fused-ring (bicyclic) bond motifs is 2. The molecule has 4 rings (SSSR count). The number of ether oxygens (including phenoxy) is 1. The molecule has 0 radical (unpaired) electrons. The predicted octanol–water partition coefficient (Wildman–Crippen LogP) is 4.38. The minimum absolute atomic E-state index is 0.00613. The van der Waals surface area contributed by atoms with Gasteiger partial charge in [0.25, 0.3) is 0 Å². The number of methoxy groups -OCH3 is 1. The molecule has 0 atom stereocenters. The van der Waals surface area contributed by atoms with Gasteiger partial charge in [-0.05, 0) is 29.0 Å². The van der Waals surface area contributed by atoms with Crippen LogP contribution in [0, 0.1) is 0 Å². The summed E-state index contributed by atoms with van der Waals surface area (Å²) in [6, 6.07) is 20.5. The number of benzene rings is 3. The Bertz CT molecular complexity index is 1190. The van der Waals surface area contributed by atoms with Crippen LogP contribution < -0.4 is 10.4 Å². The van der Waals surface area contributed by atoms with Gasteiger partial charge in [0.1, 0.15) is 0 Å². The van der Waals surface area contributed by atoms with E-state index in [4.69, 9.17) is 9.15 Å². The minimum Gasteiger partial charge on any atom is -0.493 e. The molecule has 1 heterocycles. The summed E-state index contributed by atoms with van der Waals surface area (Å²) in [5.41, 5.74) is 0.788. The van der Waals surface area contributed by atoms with Gasteiger partial charge in [-0.3, -0.25) is 4.79 Å². The van der Waals surface area contributed by atoms with Crippen LogP contribution in [0.3, 0.4) is 0 Å². The quantitative estimate of drug-likeness (QED) is 0.407. The standard InChI is InChI=1S/C22H16O4/c1-25-20-8-4-7-17-12-18(22(24)26-21(17)20)13-19(23)16-10-9-14-5-2-3-6-15(14)11-16/h2-12H,13H2,1H3. The molecule has 0 aliphatic heterocycles. The second-order valence-electron chi connectivity index (χ2n) is 6.10. The molecule has 0 saturated carbocycles. The van der Waals surface area contributed by atoms with E-state index in [9.17, 15) is 9.59 Å². The van der Waals surface area contributed by atoms with Crippen LogP contribution in [0.1, 0.15) is 15.9 Å². The first-order valence-electron chi connectivity index (χ1n) is 8.27. The van der Waals surface area contributed by atoms with Crippen molar-refractivity contribution >= 4 is 27.5 Å². The highest BCUT2D eigenvalue weighted by atomic mass is 16.5. The molecule has 0 saturated heterocycles. The molecule has 4 aromatic rings. The summed E-state index contributed by atoms with van der Waals surface area (Å²) in [5.74, 6) is 0.373. The van der Waals surface area contributed by atoms with Crippen molar-refractivity contribution in [3.05, 3.63) is 88.3 Å². The van der Waals surface area contributed by atoms with E-state index in [0.717, 1.165) is 16.2 Å². The monoisotopic (exact) mass is 344 g/mol. The SMILES string of the molecule is COc1cccc2cc(CC(=O)c3ccc4ccccc4c3)c(=O)oc12. The maximum absolute atomic E-state index is 12.7. The first-order valence-corrected chi connectivity index (χ1v) is 8.27. The number of para-hydroxylation sites is 1. The van der Waals surface area contributed by atoms with Gasteiger partial charge in [0.05, 0.1) is 7.11 Å². The number of hydrogen-bond donors (Lipinski definition) is 0. The van der Waals surface area contributed by atoms with Gasteiger partial charge >= 0.3 is 5.63 Å². The van der Waals surface area contributed by atoms with Crippen molar-refractivity contribution in [3.8, 4) is 5.75 Å². The number of carbonyl (C=O) groups is 1. The largest absolute Gasteiger partial charge is 0.493 e. The van der Waals surface area contributed by atoms with Crippen molar-refractivity contribution < 1.29 is 13.9 Å². The van der Waals surface area contributed by atoms with E-state index in [1.165, 1.54) is 7.11 Å². The maximum Gasteiger partial charge on any atom is 0.340 e. The van der Waals surface area contributed by atoms with Gasteiger partial charge in [-0.1, -0.05) is 48.5 Å². The molecule has 0 aliphatic carbocycles. The average Bonchev–Trinajstić information content (AvgIpc) is 2.67. The van der Waals surface area contributed by atoms with E-state index < -0.39 is 5.63 Å². The molecule has 128 valence electrons. The highest BCUT2D eigenvalue weighted by Crippen LogP contribution is 2.25. The second kappa shape index (κ2) is 6.48. The van der Waals surface area contributed by atoms with E-state index in [2.05, 4.69) is 0 Å². The van der Waals surface area contributed by atoms with Crippen LogP contribution in [-0.4, -0.2) is 12.9 Å². The fraction of sp³-hybridized carbons (Fsp3) is 0.0909. The Kier molecular flexibility index (Phi) is 4.01. The molecule has 4 nitrogen and oxygen atoms in total. The topological polar surface area (TPSA) is 56.5 Å². The third-order valence-corrected chi connectivity index (χ3v) is 4.44. The first-order chi connectivity index (χ1) is 12.7. The molecular weight excluding hydrogens is 328 g/mol. The van der Waals surface area contributed by atoms with E-state index in [1.807, 2.05) is 48.5 Å². The zero-order chi connectivity index (χ0) is 18.1. The zero-order valence-electron chi connectivity index (χ0n) is 14.2. The van der Waals surface area contributed by atoms with E-state index in [1.54, 1.807) is 18.2 Å². The van der Waals surface area contributed by atoms with E-state index in [-0.39, 0.29) is 12.2 Å². The molecule has 1 aromatic heterocycles. The van der Waals surface area contributed by atoms with Gasteiger partial charge in [-0.2, -0.15) is 0 Å². The Hall–Kier alpha value is -3.40. The zero-order valence-corrected chi connectivity index (χ0v) is 14.2. The molecular formula is C22H16O4. The maximum atomic E-state index is 12.7. The van der Waals surface area contributed by atoms with Gasteiger partial charge in [0.2, 0.25) is 0 Å². The molecule has 0 N–H and O–H groups in total. The number of hydrogen-bond acceptors (Lipinski definition) is 4. The summed E-state index contributed by atoms with van der Waals surface area (Å²) in [5, 5.41) is 2.79. The number of Topliss-reactive ketones (excluding diaryl/α,β-unsaturated/α-hetero) is 1. The van der Waals surface area contributed by atoms with Crippen LogP contribution in [0.4, 0.5) is 0 Å². The number of ketones is 1. The van der Waals surface area contributed by atoms with E-state index in [0.29, 0.717) is 22.5 Å². The number of carbonyl (C=O) groups excluding carboxylic acids is 1. The molecule has 4 heteroatoms. The summed E-state index contributed by atoms with van der Waals surface area (Å²) in [6.07, 6.45) is -0.00613. The Labute approximate surface area is 149 Å². The number of rotatable bonds is 4. The van der Waals surface area contributed by atoms with Crippen molar-refractivity contribution in [3.63, 3.8) is 0 Å². The highest BCUT2D eigenvalue weighted by molar-refractivity contribution is 6.01. The summed E-state index contributed by atoms with van der Waals surface area (Å²) in [6.45, 7) is 0. The minimum atomic E-state index is -0.517. The molecule has 0 unspecified atom stereocenters. The van der Waals surface area contributed by atoms with Gasteiger partial charge < -0.3 is 9.15 Å². The van der Waals surface area contributed by atoms with Crippen molar-refractivity contribution in [2.24, 2.45) is 0 Å². The summed E-state index contributed by atoms with van der Waals surface area (Å²) in [4.78, 5) is 25.0. The van der Waals surface area contributed by atoms with Crippen molar-refractivity contribution in [2.75, 3.05) is 7.11 Å². The summed E-state index contributed by atoms with van der Waals surface area (Å²) >= 11 is 0. The molecule has 26 heavy (non-hydrogen) atoms. The molecule has 3 aromatic carbocycles. The van der Waals surface area contributed by atoms with Gasteiger partial charge in [-0.25, -0.2) is 4.79 Å². The summed E-state index contributed by atoms with van der Waals surface area (Å²) in [7, 11) is 1.52. The Balaban J connectivity index is 1.70. The van der Waals surface area contributed by atoms with Crippen LogP contribution in [0.15, 0.2) is 75.9 Å². The highest BCUT2D eigenvalue weighted by Gasteiger charge is 2.14. The third-order valence-electron chi connectivity index (χ3n) is 4.44. The fourth-order valence-electron chi connectivity index (χ4n) is 3.08. The second-order valence-corrected chi connectivity index (χ2v) is 6.10. The lowest BCUT2D eigenvalue weighted by molar-refractivity contribution is 0.0992. The Morgan fingerprint density at radius 3 is 2.50 bits per heavy atom. The molecule has 0 aliphatic rings. The first kappa shape index (κ1) is 16.1. The average molecular weight is 344 g/mol. The Morgan fingerprint density at radius 1 is 0.923 bits per heavy atom. The molecule has 0 amide bonds. The van der Waals surface area contributed by atoms with Crippen LogP contribution >= 0.6 is 0 Å². The van der Waals surface area contributed by atoms with Crippen LogP contribution in [0.25, 0.3) is 21.7 Å². The lowest BCUT2D eigenvalue weighted by Crippen LogP contribution is -2.13. The van der Waals surface area contributed by atoms with Gasteiger partial charge in [-0.15, -0.1) is 0 Å². The predicted molar refractivity (Wildman–Crippen MR) is 101 cm³/mol. The molecule has 0 bridgehead atoms. The van der Waals surface area contributed by atoms with Gasteiger partial charge in [0.15, 0.2) is 17.1 Å². The normalized spacial score (nSPS) is 11.0. The smallest absolute Gasteiger partial charge is 0.340 e. The lowest BCUT2D eigenvalue weighted by atomic mass is 10.00. The molecule has 0 spiro atoms. The fourth-order valence-corrected chi connectivity index (χ4v) is 3.08. The van der Waals surface area contributed by atoms with Crippen LogP contribution in [0.2, 0.25) is 0 Å². The molecule has 0 fully saturated rings.